The molecule has 0 radical (unpaired) electrons. The molecule has 3 nitrogen and oxygen atoms in total. The van der Waals surface area contributed by atoms with Crippen LogP contribution in [0, 0.1) is 11.8 Å². The van der Waals surface area contributed by atoms with E-state index >= 15 is 0 Å². The van der Waals surface area contributed by atoms with Crippen LogP contribution in [0.4, 0.5) is 5.69 Å². The third-order valence-electron chi connectivity index (χ3n) is 5.33. The van der Waals surface area contributed by atoms with E-state index in [1.54, 1.807) is 6.07 Å². The van der Waals surface area contributed by atoms with Crippen LogP contribution in [0.1, 0.15) is 30.0 Å². The Morgan fingerprint density at radius 1 is 1.20 bits per heavy atom. The molecule has 1 saturated carbocycles. The summed E-state index contributed by atoms with van der Waals surface area (Å²) in [5, 5.41) is 19.1. The molecule has 2 aliphatic carbocycles. The highest BCUT2D eigenvalue weighted by atomic mass is 16.3. The third kappa shape index (κ3) is 2.91. The van der Waals surface area contributed by atoms with Gasteiger partial charge in [0.2, 0.25) is 0 Å². The predicted octanol–water partition coefficient (Wildman–Crippen LogP) is 2.66. The summed E-state index contributed by atoms with van der Waals surface area (Å²) in [7, 11) is 1.88. The number of hydrogen-bond acceptors (Lipinski definition) is 3. The Hall–Kier alpha value is -2.68. The van der Waals surface area contributed by atoms with Crippen molar-refractivity contribution >= 4 is 18.0 Å². The first-order valence-corrected chi connectivity index (χ1v) is 8.80. The van der Waals surface area contributed by atoms with Crippen molar-refractivity contribution in [3.05, 3.63) is 69.7 Å². The maximum atomic E-state index is 10.4. The maximum absolute atomic E-state index is 10.4. The number of hydrogen-bond donors (Lipinski definition) is 3. The van der Waals surface area contributed by atoms with E-state index in [0.717, 1.165) is 39.5 Å². The highest BCUT2D eigenvalue weighted by Crippen LogP contribution is 2.43. The molecular formula is C22H24N2O. The van der Waals surface area contributed by atoms with Crippen LogP contribution in [0.25, 0.3) is 12.3 Å². The van der Waals surface area contributed by atoms with Gasteiger partial charge >= 0.3 is 0 Å². The maximum Gasteiger partial charge on any atom is 0.125 e. The van der Waals surface area contributed by atoms with E-state index in [4.69, 9.17) is 0 Å². The fourth-order valence-corrected chi connectivity index (χ4v) is 3.55. The van der Waals surface area contributed by atoms with Crippen molar-refractivity contribution in [3.8, 4) is 5.75 Å². The van der Waals surface area contributed by atoms with Gasteiger partial charge in [-0.1, -0.05) is 26.1 Å². The molecule has 0 saturated heterocycles. The number of rotatable bonds is 5. The molecule has 2 aromatic rings. The van der Waals surface area contributed by atoms with E-state index in [-0.39, 0.29) is 5.75 Å². The first-order chi connectivity index (χ1) is 12.0. The molecule has 2 aromatic carbocycles. The molecule has 4 rings (SSSR count). The molecule has 0 aromatic heterocycles. The second-order valence-electron chi connectivity index (χ2n) is 7.28. The number of aromatic hydroxyl groups is 1. The molecule has 1 unspecified atom stereocenters. The summed E-state index contributed by atoms with van der Waals surface area (Å²) in [5.74, 6) is 1.52. The summed E-state index contributed by atoms with van der Waals surface area (Å²) in [6, 6.07) is 9.91. The molecule has 0 aliphatic heterocycles. The molecule has 25 heavy (non-hydrogen) atoms. The lowest BCUT2D eigenvalue weighted by Gasteiger charge is -2.14. The minimum Gasteiger partial charge on any atom is -0.507 e. The molecule has 2 atom stereocenters. The van der Waals surface area contributed by atoms with Gasteiger partial charge in [-0.15, -0.1) is 0 Å². The highest BCUT2D eigenvalue weighted by molar-refractivity contribution is 5.73. The van der Waals surface area contributed by atoms with Crippen LogP contribution in [0.5, 0.6) is 5.75 Å². The summed E-state index contributed by atoms with van der Waals surface area (Å²) >= 11 is 0. The largest absolute Gasteiger partial charge is 0.507 e. The van der Waals surface area contributed by atoms with Crippen molar-refractivity contribution in [2.24, 2.45) is 11.8 Å². The SMILES string of the molecule is C=C(Nc1ccc(O)c(/C(NC)=c2\cc3c(cc2=C)C3)c1)C1C[C@H]1C. The van der Waals surface area contributed by atoms with Crippen molar-refractivity contribution < 1.29 is 5.11 Å². The van der Waals surface area contributed by atoms with Crippen LogP contribution in [-0.2, 0) is 6.42 Å². The van der Waals surface area contributed by atoms with E-state index < -0.39 is 0 Å². The first-order valence-electron chi connectivity index (χ1n) is 8.80. The van der Waals surface area contributed by atoms with Gasteiger partial charge in [0.05, 0.1) is 5.70 Å². The lowest BCUT2D eigenvalue weighted by molar-refractivity contribution is 0.473. The van der Waals surface area contributed by atoms with E-state index in [2.05, 4.69) is 42.8 Å². The normalized spacial score (nSPS) is 21.2. The van der Waals surface area contributed by atoms with Gasteiger partial charge in [0, 0.05) is 35.1 Å². The Kier molecular flexibility index (Phi) is 3.60. The average molecular weight is 332 g/mol. The second-order valence-corrected chi connectivity index (χ2v) is 7.28. The number of nitrogens with one attached hydrogen (secondary N) is 2. The average Bonchev–Trinajstić information content (AvgIpc) is 3.48. The van der Waals surface area contributed by atoms with Gasteiger partial charge in [0.25, 0.3) is 0 Å². The number of benzene rings is 2. The summed E-state index contributed by atoms with van der Waals surface area (Å²) in [6.07, 6.45) is 2.25. The zero-order chi connectivity index (χ0) is 17.7. The van der Waals surface area contributed by atoms with Crippen LogP contribution in [0.15, 0.2) is 42.6 Å². The van der Waals surface area contributed by atoms with E-state index in [9.17, 15) is 5.11 Å². The van der Waals surface area contributed by atoms with E-state index in [1.807, 2.05) is 19.2 Å². The molecule has 0 amide bonds. The zero-order valence-corrected chi connectivity index (χ0v) is 14.8. The van der Waals surface area contributed by atoms with Crippen LogP contribution >= 0.6 is 0 Å². The van der Waals surface area contributed by atoms with Crippen LogP contribution in [0.2, 0.25) is 0 Å². The Labute approximate surface area is 148 Å². The lowest BCUT2D eigenvalue weighted by atomic mass is 10.1. The van der Waals surface area contributed by atoms with Gasteiger partial charge in [-0.2, -0.15) is 0 Å². The van der Waals surface area contributed by atoms with Crippen molar-refractivity contribution in [2.75, 3.05) is 12.4 Å². The summed E-state index contributed by atoms with van der Waals surface area (Å²) < 4.78 is 0. The van der Waals surface area contributed by atoms with Crippen molar-refractivity contribution in [1.82, 2.24) is 5.32 Å². The molecule has 2 aliphatic rings. The smallest absolute Gasteiger partial charge is 0.125 e. The molecular weight excluding hydrogens is 308 g/mol. The Bertz CT molecular complexity index is 990. The fourth-order valence-electron chi connectivity index (χ4n) is 3.55. The van der Waals surface area contributed by atoms with E-state index in [0.29, 0.717) is 11.8 Å². The van der Waals surface area contributed by atoms with Gasteiger partial charge in [0.1, 0.15) is 5.75 Å². The van der Waals surface area contributed by atoms with Crippen molar-refractivity contribution in [3.63, 3.8) is 0 Å². The highest BCUT2D eigenvalue weighted by Gasteiger charge is 2.35. The Balaban J connectivity index is 1.76. The van der Waals surface area contributed by atoms with Crippen molar-refractivity contribution in [1.29, 1.82) is 0 Å². The number of fused-ring (bicyclic) bond motifs is 1. The minimum atomic E-state index is 0.254. The number of phenolic OH excluding ortho intramolecular Hbond substituents is 1. The van der Waals surface area contributed by atoms with Crippen molar-refractivity contribution in [2.45, 2.75) is 19.8 Å². The monoisotopic (exact) mass is 332 g/mol. The Morgan fingerprint density at radius 3 is 2.60 bits per heavy atom. The predicted molar refractivity (Wildman–Crippen MR) is 104 cm³/mol. The molecule has 0 heterocycles. The molecule has 3 heteroatoms. The van der Waals surface area contributed by atoms with Gasteiger partial charge in [0.15, 0.2) is 0 Å². The molecule has 128 valence electrons. The first kappa shape index (κ1) is 15.8. The third-order valence-corrected chi connectivity index (χ3v) is 5.33. The van der Waals surface area contributed by atoms with Gasteiger partial charge in [-0.25, -0.2) is 0 Å². The minimum absolute atomic E-state index is 0.254. The van der Waals surface area contributed by atoms with Crippen LogP contribution < -0.4 is 21.1 Å². The lowest BCUT2D eigenvalue weighted by Crippen LogP contribution is -2.30. The number of anilines is 1. The second kappa shape index (κ2) is 5.69. The molecule has 3 N–H and O–H groups in total. The zero-order valence-electron chi connectivity index (χ0n) is 14.8. The summed E-state index contributed by atoms with van der Waals surface area (Å²) in [5.41, 5.74) is 6.40. The molecule has 1 fully saturated rings. The Morgan fingerprint density at radius 2 is 1.92 bits per heavy atom. The summed E-state index contributed by atoms with van der Waals surface area (Å²) in [4.78, 5) is 0. The van der Waals surface area contributed by atoms with Gasteiger partial charge < -0.3 is 15.7 Å². The summed E-state index contributed by atoms with van der Waals surface area (Å²) in [6.45, 7) is 10.6. The molecule has 0 spiro atoms. The standard InChI is InChI=1S/C22H24N2O/c1-12-7-15-9-16(15)10-19(12)22(23-4)20-11-17(5-6-21(20)25)24-14(3)18-8-13(18)2/h5-7,10-11,13,18,23-25H,1,3,8-9H2,2,4H3/b22-19-/t13-,18?/m1/s1. The van der Waals surface area contributed by atoms with E-state index in [1.165, 1.54) is 17.5 Å². The van der Waals surface area contributed by atoms with Crippen LogP contribution in [0.3, 0.4) is 0 Å². The quantitative estimate of drug-likeness (QED) is 0.630. The fraction of sp³-hybridized carbons (Fsp3) is 0.273. The molecule has 0 bridgehead atoms. The van der Waals surface area contributed by atoms with Gasteiger partial charge in [-0.05, 0) is 59.4 Å². The number of allylic oxidation sites excluding steroid dienone is 1. The van der Waals surface area contributed by atoms with Crippen LogP contribution in [-0.4, -0.2) is 12.2 Å². The topological polar surface area (TPSA) is 44.3 Å². The van der Waals surface area contributed by atoms with Gasteiger partial charge in [-0.3, -0.25) is 0 Å². The number of phenols is 1.